The van der Waals surface area contributed by atoms with Crippen LogP contribution in [0.25, 0.3) is 11.0 Å². The van der Waals surface area contributed by atoms with Crippen molar-refractivity contribution < 1.29 is 4.79 Å². The molecule has 1 aromatic heterocycles. The van der Waals surface area contributed by atoms with E-state index in [1.54, 1.807) is 12.4 Å². The Morgan fingerprint density at radius 3 is 2.55 bits per heavy atom. The lowest BCUT2D eigenvalue weighted by molar-refractivity contribution is -0.119. The number of nitrogens with one attached hydrogen (secondary N) is 1. The maximum absolute atomic E-state index is 11.9. The molecule has 1 aliphatic rings. The SMILES string of the molecule is CC(=O)NC(Cn1cnc2cccc(C#N)c21)c1ccc(C2(C#N)CCCCC2)cc1. The Balaban J connectivity index is 1.66. The average Bonchev–Trinajstić information content (AvgIpc) is 3.22. The smallest absolute Gasteiger partial charge is 0.217 e. The number of hydrogen-bond donors (Lipinski definition) is 1. The van der Waals surface area contributed by atoms with Crippen molar-refractivity contribution in [1.82, 2.24) is 14.9 Å². The lowest BCUT2D eigenvalue weighted by Gasteiger charge is -2.31. The van der Waals surface area contributed by atoms with E-state index < -0.39 is 5.41 Å². The summed E-state index contributed by atoms with van der Waals surface area (Å²) in [4.78, 5) is 16.3. The molecule has 1 saturated carbocycles. The van der Waals surface area contributed by atoms with Gasteiger partial charge in [0.2, 0.25) is 5.91 Å². The Bertz CT molecular complexity index is 1170. The summed E-state index contributed by atoms with van der Waals surface area (Å²) >= 11 is 0. The van der Waals surface area contributed by atoms with E-state index in [0.29, 0.717) is 12.1 Å². The molecular weight excluding hydrogens is 386 g/mol. The molecule has 1 N–H and O–H groups in total. The summed E-state index contributed by atoms with van der Waals surface area (Å²) in [6.45, 7) is 1.96. The Morgan fingerprint density at radius 1 is 1.16 bits per heavy atom. The molecule has 1 fully saturated rings. The number of amides is 1. The molecule has 0 saturated heterocycles. The second kappa shape index (κ2) is 8.62. The topological polar surface area (TPSA) is 94.5 Å². The molecule has 1 unspecified atom stereocenters. The van der Waals surface area contributed by atoms with E-state index in [4.69, 9.17) is 0 Å². The van der Waals surface area contributed by atoms with Gasteiger partial charge in [0.05, 0.1) is 40.5 Å². The van der Waals surface area contributed by atoms with Crippen LogP contribution in [-0.2, 0) is 16.8 Å². The molecule has 1 atom stereocenters. The number of nitrogens with zero attached hydrogens (tertiary/aromatic N) is 4. The number of rotatable bonds is 5. The fourth-order valence-corrected chi connectivity index (χ4v) is 4.69. The fourth-order valence-electron chi connectivity index (χ4n) is 4.69. The molecule has 6 heteroatoms. The van der Waals surface area contributed by atoms with Gasteiger partial charge in [0, 0.05) is 13.5 Å². The summed E-state index contributed by atoms with van der Waals surface area (Å²) in [7, 11) is 0. The predicted octanol–water partition coefficient (Wildman–Crippen LogP) is 4.51. The van der Waals surface area contributed by atoms with E-state index in [-0.39, 0.29) is 11.9 Å². The molecule has 156 valence electrons. The summed E-state index contributed by atoms with van der Waals surface area (Å²) in [5.41, 5.74) is 3.69. The summed E-state index contributed by atoms with van der Waals surface area (Å²) in [5, 5.41) is 22.4. The standard InChI is InChI=1S/C25H25N5O/c1-18(31)29-23(15-30-17-28-22-7-5-6-20(14-26)24(22)30)19-8-10-21(11-9-19)25(16-27)12-3-2-4-13-25/h5-11,17,23H,2-4,12-13,15H2,1H3,(H,29,31). The first-order chi connectivity index (χ1) is 15.1. The molecule has 0 bridgehead atoms. The number of hydrogen-bond acceptors (Lipinski definition) is 4. The zero-order valence-electron chi connectivity index (χ0n) is 17.6. The Labute approximate surface area is 182 Å². The molecule has 31 heavy (non-hydrogen) atoms. The van der Waals surface area contributed by atoms with Gasteiger partial charge in [-0.15, -0.1) is 0 Å². The highest BCUT2D eigenvalue weighted by Crippen LogP contribution is 2.39. The number of benzene rings is 2. The van der Waals surface area contributed by atoms with Gasteiger partial charge in [-0.25, -0.2) is 4.98 Å². The lowest BCUT2D eigenvalue weighted by Crippen LogP contribution is -2.30. The van der Waals surface area contributed by atoms with Gasteiger partial charge in [0.1, 0.15) is 6.07 Å². The minimum absolute atomic E-state index is 0.125. The molecular formula is C25H25N5O. The van der Waals surface area contributed by atoms with Crippen LogP contribution in [0.1, 0.15) is 61.8 Å². The number of carbonyl (C=O) groups is 1. The molecule has 6 nitrogen and oxygen atoms in total. The van der Waals surface area contributed by atoms with Crippen molar-refractivity contribution in [3.05, 3.63) is 65.5 Å². The molecule has 0 radical (unpaired) electrons. The number of aromatic nitrogens is 2. The van der Waals surface area contributed by atoms with Gasteiger partial charge >= 0.3 is 0 Å². The van der Waals surface area contributed by atoms with Crippen molar-refractivity contribution in [3.63, 3.8) is 0 Å². The average molecular weight is 412 g/mol. The van der Waals surface area contributed by atoms with E-state index in [0.717, 1.165) is 47.8 Å². The minimum Gasteiger partial charge on any atom is -0.348 e. The molecule has 2 aromatic carbocycles. The Kier molecular flexibility index (Phi) is 5.73. The van der Waals surface area contributed by atoms with Crippen LogP contribution in [0.4, 0.5) is 0 Å². The van der Waals surface area contributed by atoms with Crippen molar-refractivity contribution in [2.75, 3.05) is 0 Å². The van der Waals surface area contributed by atoms with Crippen LogP contribution in [0.5, 0.6) is 0 Å². The molecule has 1 heterocycles. The molecule has 1 amide bonds. The molecule has 3 aromatic rings. The zero-order valence-corrected chi connectivity index (χ0v) is 17.6. The second-order valence-electron chi connectivity index (χ2n) is 8.31. The van der Waals surface area contributed by atoms with Gasteiger partial charge in [0.15, 0.2) is 0 Å². The van der Waals surface area contributed by atoms with E-state index in [2.05, 4.69) is 22.4 Å². The van der Waals surface area contributed by atoms with Gasteiger partial charge < -0.3 is 9.88 Å². The molecule has 1 aliphatic carbocycles. The highest BCUT2D eigenvalue weighted by Gasteiger charge is 2.34. The third-order valence-corrected chi connectivity index (χ3v) is 6.30. The lowest BCUT2D eigenvalue weighted by atomic mass is 9.70. The third-order valence-electron chi connectivity index (χ3n) is 6.30. The van der Waals surface area contributed by atoms with Crippen LogP contribution in [0.3, 0.4) is 0 Å². The Morgan fingerprint density at radius 2 is 1.90 bits per heavy atom. The molecule has 0 aliphatic heterocycles. The quantitative estimate of drug-likeness (QED) is 0.668. The highest BCUT2D eigenvalue weighted by atomic mass is 16.1. The largest absolute Gasteiger partial charge is 0.348 e. The van der Waals surface area contributed by atoms with E-state index in [9.17, 15) is 15.3 Å². The minimum atomic E-state index is -0.400. The van der Waals surface area contributed by atoms with Gasteiger partial charge in [-0.05, 0) is 36.1 Å². The maximum Gasteiger partial charge on any atom is 0.217 e. The first-order valence-electron chi connectivity index (χ1n) is 10.7. The van der Waals surface area contributed by atoms with Crippen LogP contribution < -0.4 is 5.32 Å². The van der Waals surface area contributed by atoms with Gasteiger partial charge in [0.25, 0.3) is 0 Å². The van der Waals surface area contributed by atoms with Crippen molar-refractivity contribution in [1.29, 1.82) is 10.5 Å². The van der Waals surface area contributed by atoms with Gasteiger partial charge in [-0.3, -0.25) is 4.79 Å². The van der Waals surface area contributed by atoms with Crippen molar-refractivity contribution in [3.8, 4) is 12.1 Å². The first kappa shape index (κ1) is 20.6. The van der Waals surface area contributed by atoms with Gasteiger partial charge in [-0.2, -0.15) is 10.5 Å². The van der Waals surface area contributed by atoms with Crippen molar-refractivity contribution in [2.45, 2.75) is 57.0 Å². The summed E-state index contributed by atoms with van der Waals surface area (Å²) < 4.78 is 1.92. The first-order valence-corrected chi connectivity index (χ1v) is 10.7. The molecule has 0 spiro atoms. The third kappa shape index (κ3) is 4.02. The number of carbonyl (C=O) groups excluding carboxylic acids is 1. The summed E-state index contributed by atoms with van der Waals surface area (Å²) in [5.74, 6) is -0.125. The highest BCUT2D eigenvalue weighted by molar-refractivity contribution is 5.81. The van der Waals surface area contributed by atoms with Crippen LogP contribution in [0.15, 0.2) is 48.8 Å². The van der Waals surface area contributed by atoms with Crippen molar-refractivity contribution in [2.24, 2.45) is 0 Å². The van der Waals surface area contributed by atoms with Crippen LogP contribution in [0.2, 0.25) is 0 Å². The zero-order chi connectivity index (χ0) is 21.8. The second-order valence-corrected chi connectivity index (χ2v) is 8.31. The van der Waals surface area contributed by atoms with E-state index in [1.807, 2.05) is 41.0 Å². The molecule has 4 rings (SSSR count). The summed E-state index contributed by atoms with van der Waals surface area (Å²) in [6, 6.07) is 18.1. The van der Waals surface area contributed by atoms with Gasteiger partial charge in [-0.1, -0.05) is 49.6 Å². The van der Waals surface area contributed by atoms with E-state index >= 15 is 0 Å². The number of imidazole rings is 1. The number of nitriles is 2. The monoisotopic (exact) mass is 411 g/mol. The van der Waals surface area contributed by atoms with Crippen LogP contribution >= 0.6 is 0 Å². The number of fused-ring (bicyclic) bond motifs is 1. The predicted molar refractivity (Wildman–Crippen MR) is 118 cm³/mol. The normalized spacial score (nSPS) is 16.2. The number of para-hydroxylation sites is 1. The van der Waals surface area contributed by atoms with Crippen LogP contribution in [-0.4, -0.2) is 15.5 Å². The van der Waals surface area contributed by atoms with Crippen molar-refractivity contribution >= 4 is 16.9 Å². The Hall–Kier alpha value is -3.64. The maximum atomic E-state index is 11.9. The fraction of sp³-hybridized carbons (Fsp3) is 0.360. The van der Waals surface area contributed by atoms with Crippen LogP contribution in [0, 0.1) is 22.7 Å². The van der Waals surface area contributed by atoms with E-state index in [1.165, 1.54) is 13.3 Å². The summed E-state index contributed by atoms with van der Waals surface area (Å²) in [6.07, 6.45) is 6.86.